The van der Waals surface area contributed by atoms with E-state index < -0.39 is 0 Å². The van der Waals surface area contributed by atoms with E-state index in [0.717, 1.165) is 28.8 Å². The minimum absolute atomic E-state index is 0.00309. The molecule has 0 saturated carbocycles. The van der Waals surface area contributed by atoms with Crippen molar-refractivity contribution in [1.29, 1.82) is 0 Å². The average Bonchev–Trinajstić information content (AvgIpc) is 2.96. The van der Waals surface area contributed by atoms with Gasteiger partial charge in [0.25, 0.3) is 5.91 Å². The van der Waals surface area contributed by atoms with Crippen LogP contribution < -0.4 is 0 Å². The highest BCUT2D eigenvalue weighted by Crippen LogP contribution is 2.14. The molecule has 22 heavy (non-hydrogen) atoms. The maximum atomic E-state index is 12.9. The molecule has 1 amide bonds. The van der Waals surface area contributed by atoms with E-state index in [9.17, 15) is 9.18 Å². The lowest BCUT2D eigenvalue weighted by molar-refractivity contribution is 0.0621. The predicted octanol–water partition coefficient (Wildman–Crippen LogP) is 2.11. The summed E-state index contributed by atoms with van der Waals surface area (Å²) in [5.74, 6) is -0.211. The maximum Gasteiger partial charge on any atom is 0.273 e. The van der Waals surface area contributed by atoms with E-state index >= 15 is 0 Å². The highest BCUT2D eigenvalue weighted by Gasteiger charge is 2.24. The molecule has 1 aliphatic rings. The molecule has 1 aromatic heterocycles. The second-order valence-corrected chi connectivity index (χ2v) is 6.45. The molecule has 2 aromatic rings. The first-order valence-electron chi connectivity index (χ1n) is 7.08. The molecule has 2 heterocycles. The van der Waals surface area contributed by atoms with Gasteiger partial charge in [0.2, 0.25) is 0 Å². The number of aromatic nitrogens is 2. The van der Waals surface area contributed by atoms with E-state index in [1.54, 1.807) is 18.3 Å². The number of rotatable bonds is 3. The highest BCUT2D eigenvalue weighted by molar-refractivity contribution is 14.1. The van der Waals surface area contributed by atoms with Crippen LogP contribution in [0.1, 0.15) is 16.1 Å². The summed E-state index contributed by atoms with van der Waals surface area (Å²) in [7, 11) is 0. The van der Waals surface area contributed by atoms with Crippen molar-refractivity contribution >= 4 is 28.5 Å². The zero-order valence-electron chi connectivity index (χ0n) is 11.9. The molecule has 3 rings (SSSR count). The maximum absolute atomic E-state index is 12.9. The van der Waals surface area contributed by atoms with Crippen LogP contribution in [0.25, 0.3) is 0 Å². The van der Waals surface area contributed by atoms with Crippen molar-refractivity contribution in [2.75, 3.05) is 26.2 Å². The Morgan fingerprint density at radius 1 is 1.23 bits per heavy atom. The molecule has 0 spiro atoms. The summed E-state index contributed by atoms with van der Waals surface area (Å²) in [4.78, 5) is 16.5. The first-order valence-corrected chi connectivity index (χ1v) is 8.16. The Hall–Kier alpha value is -1.48. The van der Waals surface area contributed by atoms with E-state index in [0.29, 0.717) is 18.8 Å². The SMILES string of the molecule is O=C(c1[nH]ncc1I)N1CCN(Cc2ccc(F)cc2)CC1. The third kappa shape index (κ3) is 3.46. The summed E-state index contributed by atoms with van der Waals surface area (Å²) in [5, 5.41) is 6.66. The van der Waals surface area contributed by atoms with E-state index in [4.69, 9.17) is 0 Å². The molecule has 5 nitrogen and oxygen atoms in total. The fraction of sp³-hybridized carbons (Fsp3) is 0.333. The zero-order valence-corrected chi connectivity index (χ0v) is 14.1. The molecule has 0 bridgehead atoms. The first kappa shape index (κ1) is 15.4. The molecule has 0 unspecified atom stereocenters. The molecule has 1 aliphatic heterocycles. The van der Waals surface area contributed by atoms with Crippen molar-refractivity contribution in [3.63, 3.8) is 0 Å². The van der Waals surface area contributed by atoms with Gasteiger partial charge in [0.15, 0.2) is 0 Å². The van der Waals surface area contributed by atoms with Gasteiger partial charge in [0.1, 0.15) is 11.5 Å². The van der Waals surface area contributed by atoms with Crippen molar-refractivity contribution in [2.24, 2.45) is 0 Å². The van der Waals surface area contributed by atoms with E-state index in [-0.39, 0.29) is 11.7 Å². The third-order valence-electron chi connectivity index (χ3n) is 3.79. The van der Waals surface area contributed by atoms with Crippen LogP contribution in [-0.4, -0.2) is 52.1 Å². The standard InChI is InChI=1S/C15H16FIN4O/c16-12-3-1-11(2-4-12)10-20-5-7-21(8-6-20)15(22)14-13(17)9-18-19-14/h1-4,9H,5-8,10H2,(H,18,19). The van der Waals surface area contributed by atoms with Crippen LogP contribution in [0.4, 0.5) is 4.39 Å². The number of hydrogen-bond donors (Lipinski definition) is 1. The lowest BCUT2D eigenvalue weighted by Gasteiger charge is -2.34. The number of amides is 1. The number of hydrogen-bond acceptors (Lipinski definition) is 3. The second kappa shape index (κ2) is 6.74. The van der Waals surface area contributed by atoms with Gasteiger partial charge >= 0.3 is 0 Å². The molecule has 7 heteroatoms. The fourth-order valence-corrected chi connectivity index (χ4v) is 3.03. The Morgan fingerprint density at radius 3 is 2.50 bits per heavy atom. The van der Waals surface area contributed by atoms with Crippen LogP contribution in [0, 0.1) is 9.39 Å². The summed E-state index contributed by atoms with van der Waals surface area (Å²) in [6.07, 6.45) is 1.65. The van der Waals surface area contributed by atoms with Gasteiger partial charge < -0.3 is 4.90 Å². The summed E-state index contributed by atoms with van der Waals surface area (Å²) in [5.41, 5.74) is 1.65. The number of nitrogens with one attached hydrogen (secondary N) is 1. The van der Waals surface area contributed by atoms with Crippen LogP contribution in [0.15, 0.2) is 30.5 Å². The Bertz CT molecular complexity index is 650. The van der Waals surface area contributed by atoms with Crippen molar-refractivity contribution in [2.45, 2.75) is 6.54 Å². The van der Waals surface area contributed by atoms with Gasteiger partial charge in [0, 0.05) is 32.7 Å². The quantitative estimate of drug-likeness (QED) is 0.784. The van der Waals surface area contributed by atoms with E-state index in [2.05, 4.69) is 37.7 Å². The number of benzene rings is 1. The number of nitrogens with zero attached hydrogens (tertiary/aromatic N) is 3. The van der Waals surface area contributed by atoms with Gasteiger partial charge in [-0.25, -0.2) is 4.39 Å². The molecular formula is C15H16FIN4O. The van der Waals surface area contributed by atoms with Gasteiger partial charge in [-0.05, 0) is 40.3 Å². The number of H-pyrrole nitrogens is 1. The Labute approximate surface area is 141 Å². The second-order valence-electron chi connectivity index (χ2n) is 5.29. The third-order valence-corrected chi connectivity index (χ3v) is 4.60. The molecule has 1 N–H and O–H groups in total. The topological polar surface area (TPSA) is 52.2 Å². The largest absolute Gasteiger partial charge is 0.335 e. The van der Waals surface area contributed by atoms with Gasteiger partial charge in [-0.15, -0.1) is 0 Å². The molecule has 1 fully saturated rings. The fourth-order valence-electron chi connectivity index (χ4n) is 2.54. The Balaban J connectivity index is 1.55. The minimum atomic E-state index is -0.215. The normalized spacial score (nSPS) is 16.0. The van der Waals surface area contributed by atoms with Crippen LogP contribution >= 0.6 is 22.6 Å². The molecule has 0 atom stereocenters. The minimum Gasteiger partial charge on any atom is -0.335 e. The molecule has 116 valence electrons. The molecule has 1 saturated heterocycles. The highest BCUT2D eigenvalue weighted by atomic mass is 127. The number of carbonyl (C=O) groups is 1. The average molecular weight is 414 g/mol. The van der Waals surface area contributed by atoms with Crippen LogP contribution in [0.2, 0.25) is 0 Å². The first-order chi connectivity index (χ1) is 10.6. The summed E-state index contributed by atoms with van der Waals surface area (Å²) >= 11 is 2.11. The summed E-state index contributed by atoms with van der Waals surface area (Å²) < 4.78 is 13.7. The Kier molecular flexibility index (Phi) is 4.72. The monoisotopic (exact) mass is 414 g/mol. The van der Waals surface area contributed by atoms with Crippen LogP contribution in [0.5, 0.6) is 0 Å². The molecule has 0 aliphatic carbocycles. The van der Waals surface area contributed by atoms with Crippen molar-refractivity contribution in [3.8, 4) is 0 Å². The Morgan fingerprint density at radius 2 is 1.91 bits per heavy atom. The lowest BCUT2D eigenvalue weighted by atomic mass is 10.2. The van der Waals surface area contributed by atoms with E-state index in [1.165, 1.54) is 12.1 Å². The van der Waals surface area contributed by atoms with Gasteiger partial charge in [0.05, 0.1) is 9.77 Å². The molecule has 0 radical (unpaired) electrons. The van der Waals surface area contributed by atoms with Crippen molar-refractivity contribution < 1.29 is 9.18 Å². The molecular weight excluding hydrogens is 398 g/mol. The number of piperazine rings is 1. The van der Waals surface area contributed by atoms with Crippen LogP contribution in [-0.2, 0) is 6.54 Å². The zero-order chi connectivity index (χ0) is 15.5. The van der Waals surface area contributed by atoms with Gasteiger partial charge in [-0.2, -0.15) is 5.10 Å². The predicted molar refractivity (Wildman–Crippen MR) is 88.9 cm³/mol. The molecule has 1 aromatic carbocycles. The smallest absolute Gasteiger partial charge is 0.273 e. The summed E-state index contributed by atoms with van der Waals surface area (Å²) in [6, 6.07) is 6.57. The van der Waals surface area contributed by atoms with Crippen molar-refractivity contribution in [3.05, 3.63) is 51.1 Å². The van der Waals surface area contributed by atoms with Gasteiger partial charge in [-0.3, -0.25) is 14.8 Å². The van der Waals surface area contributed by atoms with Crippen LogP contribution in [0.3, 0.4) is 0 Å². The number of halogens is 2. The number of aromatic amines is 1. The summed E-state index contributed by atoms with van der Waals surface area (Å²) in [6.45, 7) is 3.79. The lowest BCUT2D eigenvalue weighted by Crippen LogP contribution is -2.48. The van der Waals surface area contributed by atoms with E-state index in [1.807, 2.05) is 4.90 Å². The van der Waals surface area contributed by atoms with Crippen molar-refractivity contribution in [1.82, 2.24) is 20.0 Å². The van der Waals surface area contributed by atoms with Gasteiger partial charge in [-0.1, -0.05) is 12.1 Å². The number of carbonyl (C=O) groups excluding carboxylic acids is 1.